The summed E-state index contributed by atoms with van der Waals surface area (Å²) in [4.78, 5) is 0. The number of halogens is 3. The third-order valence-electron chi connectivity index (χ3n) is 3.52. The van der Waals surface area contributed by atoms with Crippen molar-refractivity contribution in [2.75, 3.05) is 0 Å². The van der Waals surface area contributed by atoms with E-state index in [-0.39, 0.29) is 0 Å². The third kappa shape index (κ3) is 2.83. The predicted octanol–water partition coefficient (Wildman–Crippen LogP) is 5.59. The molecule has 0 unspecified atom stereocenters. The molecule has 0 spiro atoms. The van der Waals surface area contributed by atoms with Gasteiger partial charge in [0, 0.05) is 26.3 Å². The van der Waals surface area contributed by atoms with Crippen LogP contribution >= 0.6 is 39.1 Å². The Morgan fingerprint density at radius 3 is 2.52 bits per heavy atom. The first-order valence-electron chi connectivity index (χ1n) is 6.55. The van der Waals surface area contributed by atoms with Gasteiger partial charge in [0.1, 0.15) is 0 Å². The van der Waals surface area contributed by atoms with E-state index < -0.39 is 0 Å². The first-order chi connectivity index (χ1) is 10.1. The van der Waals surface area contributed by atoms with Gasteiger partial charge in [0.05, 0.1) is 17.8 Å². The molecule has 0 fully saturated rings. The summed E-state index contributed by atoms with van der Waals surface area (Å²) in [6.45, 7) is 2.58. The molecule has 3 aromatic rings. The molecule has 0 amide bonds. The molecule has 21 heavy (non-hydrogen) atoms. The molecule has 108 valence electrons. The van der Waals surface area contributed by atoms with Crippen molar-refractivity contribution in [3.8, 4) is 0 Å². The molecule has 0 N–H and O–H groups in total. The molecule has 0 bridgehead atoms. The van der Waals surface area contributed by atoms with Gasteiger partial charge in [-0.3, -0.25) is 4.68 Å². The van der Waals surface area contributed by atoms with Crippen LogP contribution in [0.3, 0.4) is 0 Å². The molecule has 1 heterocycles. The number of nitrogens with zero attached hydrogens (tertiary/aromatic N) is 2. The van der Waals surface area contributed by atoms with E-state index in [2.05, 4.69) is 39.2 Å². The van der Waals surface area contributed by atoms with Crippen LogP contribution in [0.2, 0.25) is 10.0 Å². The largest absolute Gasteiger partial charge is 0.260 e. The fourth-order valence-corrected chi connectivity index (χ4v) is 3.29. The molecule has 0 aliphatic rings. The third-order valence-corrected chi connectivity index (χ3v) is 4.88. The first kappa shape index (κ1) is 14.9. The standard InChI is InChI=1S/C16H13BrCl2N2/c1-10-12-6-5-11(8-17)7-16(12)21(20-10)9-13-14(18)3-2-4-15(13)19/h2-7H,8-9H2,1H3. The average molecular weight is 384 g/mol. The normalized spacial score (nSPS) is 11.2. The van der Waals surface area contributed by atoms with E-state index in [0.29, 0.717) is 16.6 Å². The number of hydrogen-bond acceptors (Lipinski definition) is 1. The number of fused-ring (bicyclic) bond motifs is 1. The number of alkyl halides is 1. The van der Waals surface area contributed by atoms with Crippen molar-refractivity contribution in [3.05, 3.63) is 63.3 Å². The molecule has 1 aromatic heterocycles. The van der Waals surface area contributed by atoms with Crippen LogP contribution in [-0.4, -0.2) is 9.78 Å². The summed E-state index contributed by atoms with van der Waals surface area (Å²) in [5.74, 6) is 0. The zero-order chi connectivity index (χ0) is 15.0. The molecule has 0 aliphatic carbocycles. The summed E-state index contributed by atoms with van der Waals surface area (Å²) in [5.41, 5.74) is 4.22. The molecular weight excluding hydrogens is 371 g/mol. The lowest BCUT2D eigenvalue weighted by atomic mass is 10.1. The molecule has 3 rings (SSSR count). The van der Waals surface area contributed by atoms with Gasteiger partial charge in [0.2, 0.25) is 0 Å². The molecule has 0 saturated carbocycles. The van der Waals surface area contributed by atoms with Gasteiger partial charge >= 0.3 is 0 Å². The number of hydrogen-bond donors (Lipinski definition) is 0. The van der Waals surface area contributed by atoms with Crippen molar-refractivity contribution in [2.45, 2.75) is 18.8 Å². The van der Waals surface area contributed by atoms with E-state index in [1.54, 1.807) is 0 Å². The van der Waals surface area contributed by atoms with Gasteiger partial charge in [-0.1, -0.05) is 57.3 Å². The van der Waals surface area contributed by atoms with Crippen LogP contribution in [0.15, 0.2) is 36.4 Å². The van der Waals surface area contributed by atoms with Gasteiger partial charge in [-0.15, -0.1) is 0 Å². The number of benzene rings is 2. The van der Waals surface area contributed by atoms with E-state index >= 15 is 0 Å². The van der Waals surface area contributed by atoms with Crippen molar-refractivity contribution in [2.24, 2.45) is 0 Å². The fourth-order valence-electron chi connectivity index (χ4n) is 2.42. The highest BCUT2D eigenvalue weighted by atomic mass is 79.9. The Kier molecular flexibility index (Phi) is 4.25. The number of rotatable bonds is 3. The van der Waals surface area contributed by atoms with E-state index in [1.165, 1.54) is 5.56 Å². The highest BCUT2D eigenvalue weighted by Crippen LogP contribution is 2.27. The second-order valence-electron chi connectivity index (χ2n) is 4.93. The van der Waals surface area contributed by atoms with Gasteiger partial charge in [0.15, 0.2) is 0 Å². The van der Waals surface area contributed by atoms with E-state index in [9.17, 15) is 0 Å². The monoisotopic (exact) mass is 382 g/mol. The minimum atomic E-state index is 0.564. The number of aromatic nitrogens is 2. The topological polar surface area (TPSA) is 17.8 Å². The summed E-state index contributed by atoms with van der Waals surface area (Å²) >= 11 is 16.0. The predicted molar refractivity (Wildman–Crippen MR) is 92.7 cm³/mol. The quantitative estimate of drug-likeness (QED) is 0.538. The average Bonchev–Trinajstić information content (AvgIpc) is 2.79. The Labute approximate surface area is 141 Å². The maximum Gasteiger partial charge on any atom is 0.0696 e. The van der Waals surface area contributed by atoms with Gasteiger partial charge in [-0.25, -0.2) is 0 Å². The van der Waals surface area contributed by atoms with Crippen LogP contribution in [-0.2, 0) is 11.9 Å². The lowest BCUT2D eigenvalue weighted by Gasteiger charge is -2.08. The van der Waals surface area contributed by atoms with Crippen molar-refractivity contribution < 1.29 is 0 Å². The molecule has 5 heteroatoms. The van der Waals surface area contributed by atoms with Crippen molar-refractivity contribution in [1.29, 1.82) is 0 Å². The molecular formula is C16H13BrCl2N2. The molecule has 0 aliphatic heterocycles. The summed E-state index contributed by atoms with van der Waals surface area (Å²) in [6.07, 6.45) is 0. The summed E-state index contributed by atoms with van der Waals surface area (Å²) in [5, 5.41) is 7.94. The van der Waals surface area contributed by atoms with Gasteiger partial charge in [-0.2, -0.15) is 5.10 Å². The number of aryl methyl sites for hydroxylation is 1. The molecule has 2 aromatic carbocycles. The Morgan fingerprint density at radius 1 is 1.14 bits per heavy atom. The van der Waals surface area contributed by atoms with Crippen molar-refractivity contribution >= 4 is 50.0 Å². The Morgan fingerprint density at radius 2 is 1.86 bits per heavy atom. The highest BCUT2D eigenvalue weighted by Gasteiger charge is 2.12. The second-order valence-corrected chi connectivity index (χ2v) is 6.30. The van der Waals surface area contributed by atoms with E-state index in [1.807, 2.05) is 29.8 Å². The fraction of sp³-hybridized carbons (Fsp3) is 0.188. The summed E-state index contributed by atoms with van der Waals surface area (Å²) in [7, 11) is 0. The summed E-state index contributed by atoms with van der Waals surface area (Å²) in [6, 6.07) is 11.9. The van der Waals surface area contributed by atoms with Crippen LogP contribution in [0.5, 0.6) is 0 Å². The van der Waals surface area contributed by atoms with Crippen molar-refractivity contribution in [3.63, 3.8) is 0 Å². The molecule has 0 saturated heterocycles. The molecule has 0 radical (unpaired) electrons. The lowest BCUT2D eigenvalue weighted by Crippen LogP contribution is -2.03. The van der Waals surface area contributed by atoms with Gasteiger partial charge in [0.25, 0.3) is 0 Å². The maximum atomic E-state index is 6.26. The van der Waals surface area contributed by atoms with Crippen molar-refractivity contribution in [1.82, 2.24) is 9.78 Å². The lowest BCUT2D eigenvalue weighted by molar-refractivity contribution is 0.703. The van der Waals surface area contributed by atoms with E-state index in [4.69, 9.17) is 23.2 Å². The Balaban J connectivity index is 2.12. The van der Waals surface area contributed by atoms with Crippen LogP contribution in [0, 0.1) is 6.92 Å². The van der Waals surface area contributed by atoms with E-state index in [0.717, 1.165) is 27.5 Å². The highest BCUT2D eigenvalue weighted by molar-refractivity contribution is 9.08. The minimum Gasteiger partial charge on any atom is -0.260 e. The first-order valence-corrected chi connectivity index (χ1v) is 8.43. The zero-order valence-electron chi connectivity index (χ0n) is 11.4. The van der Waals surface area contributed by atoms with Crippen LogP contribution in [0.1, 0.15) is 16.8 Å². The van der Waals surface area contributed by atoms with Crippen LogP contribution in [0.4, 0.5) is 0 Å². The molecule has 0 atom stereocenters. The SMILES string of the molecule is Cc1nn(Cc2c(Cl)cccc2Cl)c2cc(CBr)ccc12. The van der Waals surface area contributed by atoms with Crippen LogP contribution < -0.4 is 0 Å². The maximum absolute atomic E-state index is 6.26. The van der Waals surface area contributed by atoms with Crippen LogP contribution in [0.25, 0.3) is 10.9 Å². The Hall–Kier alpha value is -1.03. The molecule has 2 nitrogen and oxygen atoms in total. The summed E-state index contributed by atoms with van der Waals surface area (Å²) < 4.78 is 1.96. The van der Waals surface area contributed by atoms with Gasteiger partial charge < -0.3 is 0 Å². The zero-order valence-corrected chi connectivity index (χ0v) is 14.5. The Bertz CT molecular complexity index is 791. The smallest absolute Gasteiger partial charge is 0.0696 e. The van der Waals surface area contributed by atoms with Gasteiger partial charge in [-0.05, 0) is 30.7 Å². The second kappa shape index (κ2) is 5.99. The minimum absolute atomic E-state index is 0.564.